The molecule has 124 valence electrons. The van der Waals surface area contributed by atoms with Gasteiger partial charge in [-0.2, -0.15) is 0 Å². The number of amides is 3. The Morgan fingerprint density at radius 1 is 1.23 bits per heavy atom. The fourth-order valence-corrected chi connectivity index (χ4v) is 4.20. The number of imide groups is 1. The van der Waals surface area contributed by atoms with Gasteiger partial charge >= 0.3 is 6.03 Å². The summed E-state index contributed by atoms with van der Waals surface area (Å²) in [6.07, 6.45) is 6.20. The first-order valence-corrected chi connectivity index (χ1v) is 8.22. The number of nitrogens with one attached hydrogen (secondary N) is 1. The van der Waals surface area contributed by atoms with E-state index in [2.05, 4.69) is 5.32 Å². The van der Waals surface area contributed by atoms with Crippen LogP contribution in [0.5, 0.6) is 0 Å². The molecule has 2 saturated heterocycles. The van der Waals surface area contributed by atoms with Gasteiger partial charge < -0.3 is 14.8 Å². The summed E-state index contributed by atoms with van der Waals surface area (Å²) in [5, 5.41) is 2.79. The van der Waals surface area contributed by atoms with Gasteiger partial charge in [-0.05, 0) is 50.9 Å². The second-order valence-electron chi connectivity index (χ2n) is 7.21. The average Bonchev–Trinajstić information content (AvgIpc) is 2.72. The third-order valence-electron chi connectivity index (χ3n) is 5.66. The molecule has 22 heavy (non-hydrogen) atoms. The fraction of sp³-hybridized carbons (Fsp3) is 0.875. The number of carbonyl (C=O) groups excluding carboxylic acids is 2. The zero-order valence-electron chi connectivity index (χ0n) is 13.5. The average molecular weight is 310 g/mol. The minimum absolute atomic E-state index is 0.0275. The number of methoxy groups -OCH3 is 1. The zero-order chi connectivity index (χ0) is 15.8. The third-order valence-corrected chi connectivity index (χ3v) is 5.66. The highest BCUT2D eigenvalue weighted by atomic mass is 16.5. The summed E-state index contributed by atoms with van der Waals surface area (Å²) in [5.74, 6) is -0.146. The minimum Gasteiger partial charge on any atom is -0.382 e. The van der Waals surface area contributed by atoms with Gasteiger partial charge in [0.1, 0.15) is 5.54 Å². The molecule has 1 unspecified atom stereocenters. The molecule has 1 spiro atoms. The summed E-state index contributed by atoms with van der Waals surface area (Å²) < 4.78 is 10.6. The molecule has 3 amide bonds. The summed E-state index contributed by atoms with van der Waals surface area (Å²) >= 11 is 0. The van der Waals surface area contributed by atoms with Crippen molar-refractivity contribution in [3.8, 4) is 0 Å². The molecule has 1 atom stereocenters. The summed E-state index contributed by atoms with van der Waals surface area (Å²) in [7, 11) is 1.54. The number of hydrogen-bond donors (Lipinski definition) is 1. The lowest BCUT2D eigenvalue weighted by Gasteiger charge is -2.44. The predicted molar refractivity (Wildman–Crippen MR) is 80.4 cm³/mol. The molecule has 1 N–H and O–H groups in total. The SMILES string of the molecule is COCC1(C)NC(=O)N(C2CCC3(CCOCC3)CC2)C1=O. The molecule has 2 heterocycles. The van der Waals surface area contributed by atoms with E-state index in [1.54, 1.807) is 14.0 Å². The van der Waals surface area contributed by atoms with Crippen molar-refractivity contribution in [2.75, 3.05) is 26.9 Å². The van der Waals surface area contributed by atoms with Crippen LogP contribution in [-0.2, 0) is 14.3 Å². The first kappa shape index (κ1) is 15.7. The molecule has 0 radical (unpaired) electrons. The molecule has 0 aromatic heterocycles. The Bertz CT molecular complexity index is 451. The topological polar surface area (TPSA) is 67.9 Å². The van der Waals surface area contributed by atoms with Crippen molar-refractivity contribution in [2.45, 2.75) is 57.0 Å². The van der Waals surface area contributed by atoms with Gasteiger partial charge in [0.25, 0.3) is 5.91 Å². The van der Waals surface area contributed by atoms with Gasteiger partial charge in [0.2, 0.25) is 0 Å². The predicted octanol–water partition coefficient (Wildman–Crippen LogP) is 1.68. The second-order valence-corrected chi connectivity index (χ2v) is 7.21. The van der Waals surface area contributed by atoms with Crippen molar-refractivity contribution in [1.82, 2.24) is 10.2 Å². The Morgan fingerprint density at radius 3 is 2.45 bits per heavy atom. The van der Waals surface area contributed by atoms with Crippen LogP contribution in [0, 0.1) is 5.41 Å². The van der Waals surface area contributed by atoms with Crippen LogP contribution in [0.1, 0.15) is 45.4 Å². The summed E-state index contributed by atoms with van der Waals surface area (Å²) in [6.45, 7) is 3.64. The Labute approximate surface area is 131 Å². The molecule has 3 aliphatic rings. The summed E-state index contributed by atoms with van der Waals surface area (Å²) in [6, 6.07) is -0.239. The van der Waals surface area contributed by atoms with Gasteiger partial charge in [-0.3, -0.25) is 9.69 Å². The molecular weight excluding hydrogens is 284 g/mol. The van der Waals surface area contributed by atoms with Crippen molar-refractivity contribution in [2.24, 2.45) is 5.41 Å². The molecule has 1 saturated carbocycles. The van der Waals surface area contributed by atoms with Gasteiger partial charge in [-0.25, -0.2) is 4.79 Å². The van der Waals surface area contributed by atoms with Crippen LogP contribution in [0.2, 0.25) is 0 Å². The van der Waals surface area contributed by atoms with Crippen molar-refractivity contribution in [1.29, 1.82) is 0 Å². The van der Waals surface area contributed by atoms with Crippen molar-refractivity contribution in [3.05, 3.63) is 0 Å². The van der Waals surface area contributed by atoms with Crippen LogP contribution < -0.4 is 5.32 Å². The van der Waals surface area contributed by atoms with Crippen LogP contribution >= 0.6 is 0 Å². The Balaban J connectivity index is 1.66. The first-order chi connectivity index (χ1) is 10.5. The summed E-state index contributed by atoms with van der Waals surface area (Å²) in [5.41, 5.74) is -0.538. The highest BCUT2D eigenvalue weighted by molar-refractivity contribution is 6.07. The molecular formula is C16H26N2O4. The van der Waals surface area contributed by atoms with E-state index in [-0.39, 0.29) is 24.6 Å². The molecule has 6 nitrogen and oxygen atoms in total. The second kappa shape index (κ2) is 5.81. The number of hydrogen-bond acceptors (Lipinski definition) is 4. The molecule has 3 rings (SSSR count). The van der Waals surface area contributed by atoms with Crippen molar-refractivity contribution < 1.29 is 19.1 Å². The van der Waals surface area contributed by atoms with E-state index in [1.165, 1.54) is 4.90 Å². The maximum absolute atomic E-state index is 12.6. The Kier molecular flexibility index (Phi) is 4.16. The van der Waals surface area contributed by atoms with Crippen molar-refractivity contribution in [3.63, 3.8) is 0 Å². The highest BCUT2D eigenvalue weighted by Gasteiger charge is 2.51. The Hall–Kier alpha value is -1.14. The van der Waals surface area contributed by atoms with Crippen LogP contribution in [0.3, 0.4) is 0 Å². The number of urea groups is 1. The highest BCUT2D eigenvalue weighted by Crippen LogP contribution is 2.45. The molecule has 1 aliphatic carbocycles. The third kappa shape index (κ3) is 2.63. The van der Waals surface area contributed by atoms with E-state index >= 15 is 0 Å². The molecule has 6 heteroatoms. The van der Waals surface area contributed by atoms with Crippen LogP contribution in [0.15, 0.2) is 0 Å². The van der Waals surface area contributed by atoms with Gasteiger partial charge in [0.05, 0.1) is 6.61 Å². The van der Waals surface area contributed by atoms with E-state index in [1.807, 2.05) is 0 Å². The van der Waals surface area contributed by atoms with Gasteiger partial charge in [0.15, 0.2) is 0 Å². The van der Waals surface area contributed by atoms with Crippen molar-refractivity contribution >= 4 is 11.9 Å². The van der Waals surface area contributed by atoms with Crippen LogP contribution in [0.25, 0.3) is 0 Å². The maximum Gasteiger partial charge on any atom is 0.325 e. The lowest BCUT2D eigenvalue weighted by molar-refractivity contribution is -0.135. The van der Waals surface area contributed by atoms with E-state index in [9.17, 15) is 9.59 Å². The summed E-state index contributed by atoms with van der Waals surface area (Å²) in [4.78, 5) is 26.3. The van der Waals surface area contributed by atoms with Gasteiger partial charge in [0, 0.05) is 26.4 Å². The molecule has 0 bridgehead atoms. The maximum atomic E-state index is 12.6. The van der Waals surface area contributed by atoms with E-state index < -0.39 is 5.54 Å². The number of rotatable bonds is 3. The lowest BCUT2D eigenvalue weighted by Crippen LogP contribution is -2.49. The van der Waals surface area contributed by atoms with Gasteiger partial charge in [-0.15, -0.1) is 0 Å². The normalized spacial score (nSPS) is 32.5. The smallest absolute Gasteiger partial charge is 0.325 e. The standard InChI is InChI=1S/C16H26N2O4/c1-15(11-21-2)13(19)18(14(20)17-15)12-3-5-16(6-4-12)7-9-22-10-8-16/h12H,3-11H2,1-2H3,(H,17,20). The number of ether oxygens (including phenoxy) is 2. The molecule has 2 aliphatic heterocycles. The minimum atomic E-state index is -0.917. The lowest BCUT2D eigenvalue weighted by atomic mass is 9.68. The fourth-order valence-electron chi connectivity index (χ4n) is 4.20. The van der Waals surface area contributed by atoms with E-state index in [0.717, 1.165) is 51.7 Å². The number of nitrogens with zero attached hydrogens (tertiary/aromatic N) is 1. The van der Waals surface area contributed by atoms with Crippen LogP contribution in [-0.4, -0.2) is 55.3 Å². The molecule has 0 aromatic carbocycles. The largest absolute Gasteiger partial charge is 0.382 e. The molecule has 0 aromatic rings. The van der Waals surface area contributed by atoms with E-state index in [0.29, 0.717) is 5.41 Å². The quantitative estimate of drug-likeness (QED) is 0.805. The monoisotopic (exact) mass is 310 g/mol. The van der Waals surface area contributed by atoms with Gasteiger partial charge in [-0.1, -0.05) is 0 Å². The number of carbonyl (C=O) groups is 2. The molecule has 3 fully saturated rings. The zero-order valence-corrected chi connectivity index (χ0v) is 13.5. The first-order valence-electron chi connectivity index (χ1n) is 8.22. The Morgan fingerprint density at radius 2 is 1.86 bits per heavy atom. The van der Waals surface area contributed by atoms with E-state index in [4.69, 9.17) is 9.47 Å². The van der Waals surface area contributed by atoms with Crippen LogP contribution in [0.4, 0.5) is 4.79 Å².